The molecular formula is C13H20N2O. The van der Waals surface area contributed by atoms with E-state index in [0.29, 0.717) is 5.92 Å². The molecule has 3 nitrogen and oxygen atoms in total. The molecule has 0 amide bonds. The SMILES string of the molecule is C[C@@H](O)C1CCN(Cc2ccncc2)CC1. The van der Waals surface area contributed by atoms with Gasteiger partial charge in [0, 0.05) is 18.9 Å². The zero-order chi connectivity index (χ0) is 11.4. The van der Waals surface area contributed by atoms with E-state index in [1.807, 2.05) is 19.3 Å². The van der Waals surface area contributed by atoms with Gasteiger partial charge in [-0.25, -0.2) is 0 Å². The van der Waals surface area contributed by atoms with Crippen LogP contribution >= 0.6 is 0 Å². The number of piperidine rings is 1. The Kier molecular flexibility index (Phi) is 3.91. The molecule has 0 saturated carbocycles. The summed E-state index contributed by atoms with van der Waals surface area (Å²) in [6.45, 7) is 5.11. The Labute approximate surface area is 97.1 Å². The number of nitrogens with zero attached hydrogens (tertiary/aromatic N) is 2. The third-order valence-electron chi connectivity index (χ3n) is 3.47. The molecule has 1 fully saturated rings. The van der Waals surface area contributed by atoms with Crippen LogP contribution in [0.15, 0.2) is 24.5 Å². The van der Waals surface area contributed by atoms with E-state index in [0.717, 1.165) is 32.5 Å². The first-order chi connectivity index (χ1) is 7.75. The summed E-state index contributed by atoms with van der Waals surface area (Å²) in [5, 5.41) is 9.53. The Morgan fingerprint density at radius 3 is 2.56 bits per heavy atom. The molecule has 0 aliphatic carbocycles. The normalized spacial score (nSPS) is 20.9. The van der Waals surface area contributed by atoms with Gasteiger partial charge in [0.2, 0.25) is 0 Å². The largest absolute Gasteiger partial charge is 0.393 e. The summed E-state index contributed by atoms with van der Waals surface area (Å²) >= 11 is 0. The lowest BCUT2D eigenvalue weighted by Gasteiger charge is -2.33. The lowest BCUT2D eigenvalue weighted by atomic mass is 9.92. The average molecular weight is 220 g/mol. The molecule has 0 spiro atoms. The van der Waals surface area contributed by atoms with Gasteiger partial charge in [-0.05, 0) is 56.5 Å². The Bertz CT molecular complexity index is 305. The van der Waals surface area contributed by atoms with Crippen molar-refractivity contribution >= 4 is 0 Å². The van der Waals surface area contributed by atoms with Crippen molar-refractivity contribution in [3.05, 3.63) is 30.1 Å². The maximum atomic E-state index is 9.53. The molecule has 1 aromatic heterocycles. The van der Waals surface area contributed by atoms with Crippen molar-refractivity contribution in [3.63, 3.8) is 0 Å². The Balaban J connectivity index is 1.82. The predicted molar refractivity (Wildman–Crippen MR) is 63.9 cm³/mol. The lowest BCUT2D eigenvalue weighted by molar-refractivity contribution is 0.0695. The second kappa shape index (κ2) is 5.41. The van der Waals surface area contributed by atoms with Crippen LogP contribution in [-0.4, -0.2) is 34.2 Å². The van der Waals surface area contributed by atoms with Gasteiger partial charge in [0.05, 0.1) is 6.10 Å². The quantitative estimate of drug-likeness (QED) is 0.842. The highest BCUT2D eigenvalue weighted by atomic mass is 16.3. The van der Waals surface area contributed by atoms with E-state index < -0.39 is 0 Å². The molecule has 0 radical (unpaired) electrons. The van der Waals surface area contributed by atoms with Crippen LogP contribution in [0.4, 0.5) is 0 Å². The van der Waals surface area contributed by atoms with Gasteiger partial charge in [0.15, 0.2) is 0 Å². The van der Waals surface area contributed by atoms with Crippen LogP contribution in [-0.2, 0) is 6.54 Å². The summed E-state index contributed by atoms with van der Waals surface area (Å²) < 4.78 is 0. The fraction of sp³-hybridized carbons (Fsp3) is 0.615. The molecule has 16 heavy (non-hydrogen) atoms. The number of hydrogen-bond donors (Lipinski definition) is 1. The summed E-state index contributed by atoms with van der Waals surface area (Å²) in [4.78, 5) is 6.47. The van der Waals surface area contributed by atoms with Gasteiger partial charge < -0.3 is 5.11 Å². The third kappa shape index (κ3) is 3.03. The first-order valence-electron chi connectivity index (χ1n) is 6.05. The van der Waals surface area contributed by atoms with E-state index in [2.05, 4.69) is 22.0 Å². The fourth-order valence-electron chi connectivity index (χ4n) is 2.34. The van der Waals surface area contributed by atoms with Crippen LogP contribution in [0, 0.1) is 5.92 Å². The summed E-state index contributed by atoms with van der Waals surface area (Å²) in [5.74, 6) is 0.494. The van der Waals surface area contributed by atoms with Crippen molar-refractivity contribution in [2.24, 2.45) is 5.92 Å². The first kappa shape index (κ1) is 11.6. The molecule has 1 atom stereocenters. The van der Waals surface area contributed by atoms with Crippen molar-refractivity contribution in [2.75, 3.05) is 13.1 Å². The lowest BCUT2D eigenvalue weighted by Crippen LogP contribution is -2.36. The molecule has 2 heterocycles. The van der Waals surface area contributed by atoms with Crippen molar-refractivity contribution in [1.82, 2.24) is 9.88 Å². The van der Waals surface area contributed by atoms with E-state index in [4.69, 9.17) is 0 Å². The molecule has 3 heteroatoms. The minimum absolute atomic E-state index is 0.150. The summed E-state index contributed by atoms with van der Waals surface area (Å²) in [6, 6.07) is 4.14. The van der Waals surface area contributed by atoms with Crippen LogP contribution in [0.1, 0.15) is 25.3 Å². The fourth-order valence-corrected chi connectivity index (χ4v) is 2.34. The van der Waals surface area contributed by atoms with Crippen molar-refractivity contribution in [3.8, 4) is 0 Å². The van der Waals surface area contributed by atoms with Crippen molar-refractivity contribution < 1.29 is 5.11 Å². The van der Waals surface area contributed by atoms with Gasteiger partial charge in [-0.1, -0.05) is 0 Å². The van der Waals surface area contributed by atoms with Crippen LogP contribution in [0.3, 0.4) is 0 Å². The number of rotatable bonds is 3. The van der Waals surface area contributed by atoms with Crippen LogP contribution in [0.25, 0.3) is 0 Å². The number of aliphatic hydroxyl groups excluding tert-OH is 1. The number of aromatic nitrogens is 1. The number of aliphatic hydroxyl groups is 1. The predicted octanol–water partition coefficient (Wildman–Crippen LogP) is 1.67. The third-order valence-corrected chi connectivity index (χ3v) is 3.47. The standard InChI is InChI=1S/C13H20N2O/c1-11(16)13-4-8-15(9-5-13)10-12-2-6-14-7-3-12/h2-3,6-7,11,13,16H,4-5,8-10H2,1H3/t11-/m1/s1. The monoisotopic (exact) mass is 220 g/mol. The number of hydrogen-bond acceptors (Lipinski definition) is 3. The zero-order valence-corrected chi connectivity index (χ0v) is 9.84. The second-order valence-electron chi connectivity index (χ2n) is 4.71. The van der Waals surface area contributed by atoms with Crippen LogP contribution < -0.4 is 0 Å². The van der Waals surface area contributed by atoms with Crippen molar-refractivity contribution in [2.45, 2.75) is 32.4 Å². The van der Waals surface area contributed by atoms with E-state index in [1.54, 1.807) is 0 Å². The molecule has 1 aliphatic heterocycles. The van der Waals surface area contributed by atoms with Gasteiger partial charge >= 0.3 is 0 Å². The number of likely N-dealkylation sites (tertiary alicyclic amines) is 1. The minimum atomic E-state index is -0.150. The zero-order valence-electron chi connectivity index (χ0n) is 9.84. The van der Waals surface area contributed by atoms with Gasteiger partial charge in [-0.2, -0.15) is 0 Å². The van der Waals surface area contributed by atoms with Gasteiger partial charge in [-0.3, -0.25) is 9.88 Å². The highest BCUT2D eigenvalue weighted by molar-refractivity contribution is 5.09. The molecule has 1 N–H and O–H groups in total. The molecule has 1 aromatic rings. The second-order valence-corrected chi connectivity index (χ2v) is 4.71. The summed E-state index contributed by atoms with van der Waals surface area (Å²) in [6.07, 6.45) is 5.77. The maximum absolute atomic E-state index is 9.53. The summed E-state index contributed by atoms with van der Waals surface area (Å²) in [7, 11) is 0. The minimum Gasteiger partial charge on any atom is -0.393 e. The smallest absolute Gasteiger partial charge is 0.0541 e. The molecule has 0 bridgehead atoms. The highest BCUT2D eigenvalue weighted by Gasteiger charge is 2.22. The van der Waals surface area contributed by atoms with Gasteiger partial charge in [0.1, 0.15) is 0 Å². The molecule has 0 aromatic carbocycles. The average Bonchev–Trinajstić information content (AvgIpc) is 2.31. The Morgan fingerprint density at radius 1 is 1.38 bits per heavy atom. The van der Waals surface area contributed by atoms with Crippen LogP contribution in [0.2, 0.25) is 0 Å². The molecule has 2 rings (SSSR count). The Morgan fingerprint density at radius 2 is 2.00 bits per heavy atom. The molecule has 0 unspecified atom stereocenters. The summed E-state index contributed by atoms with van der Waals surface area (Å²) in [5.41, 5.74) is 1.32. The van der Waals surface area contributed by atoms with Crippen LogP contribution in [0.5, 0.6) is 0 Å². The van der Waals surface area contributed by atoms with E-state index >= 15 is 0 Å². The van der Waals surface area contributed by atoms with E-state index in [-0.39, 0.29) is 6.10 Å². The molecule has 1 aliphatic rings. The molecular weight excluding hydrogens is 200 g/mol. The van der Waals surface area contributed by atoms with E-state index in [1.165, 1.54) is 5.56 Å². The van der Waals surface area contributed by atoms with Crippen molar-refractivity contribution in [1.29, 1.82) is 0 Å². The van der Waals surface area contributed by atoms with Gasteiger partial charge in [0.25, 0.3) is 0 Å². The highest BCUT2D eigenvalue weighted by Crippen LogP contribution is 2.21. The molecule has 88 valence electrons. The Hall–Kier alpha value is -0.930. The number of pyridine rings is 1. The topological polar surface area (TPSA) is 36.4 Å². The van der Waals surface area contributed by atoms with E-state index in [9.17, 15) is 5.11 Å². The first-order valence-corrected chi connectivity index (χ1v) is 6.05. The van der Waals surface area contributed by atoms with Gasteiger partial charge in [-0.15, -0.1) is 0 Å². The molecule has 1 saturated heterocycles. The maximum Gasteiger partial charge on any atom is 0.0541 e.